The van der Waals surface area contributed by atoms with Crippen molar-refractivity contribution in [2.75, 3.05) is 13.1 Å². The Morgan fingerprint density at radius 2 is 1.88 bits per heavy atom. The Kier molecular flexibility index (Phi) is 11.1. The molecule has 10 N–H and O–H groups in total. The van der Waals surface area contributed by atoms with Crippen LogP contribution in [0.3, 0.4) is 0 Å². The molecular formula is C28H42N8O5. The summed E-state index contributed by atoms with van der Waals surface area (Å²) in [5.74, 6) is -2.53. The molecule has 1 aromatic carbocycles. The van der Waals surface area contributed by atoms with Gasteiger partial charge in [0.05, 0.1) is 6.04 Å². The molecule has 3 amide bonds. The predicted molar refractivity (Wildman–Crippen MR) is 156 cm³/mol. The molecule has 13 nitrogen and oxygen atoms in total. The first-order chi connectivity index (χ1) is 19.5. The fraction of sp³-hybridized carbons (Fsp3) is 0.536. The van der Waals surface area contributed by atoms with Gasteiger partial charge in [0, 0.05) is 36.6 Å². The number of nitrogens with one attached hydrogen (secondary N) is 3. The van der Waals surface area contributed by atoms with E-state index in [0.717, 1.165) is 16.5 Å². The molecular weight excluding hydrogens is 528 g/mol. The summed E-state index contributed by atoms with van der Waals surface area (Å²) >= 11 is 0. The van der Waals surface area contributed by atoms with Crippen molar-refractivity contribution in [3.63, 3.8) is 0 Å². The lowest BCUT2D eigenvalue weighted by atomic mass is 10.0. The summed E-state index contributed by atoms with van der Waals surface area (Å²) < 4.78 is 0. The molecule has 4 atom stereocenters. The highest BCUT2D eigenvalue weighted by Crippen LogP contribution is 2.21. The molecule has 41 heavy (non-hydrogen) atoms. The zero-order chi connectivity index (χ0) is 30.1. The Morgan fingerprint density at radius 3 is 2.56 bits per heavy atom. The maximum absolute atomic E-state index is 13.4. The molecule has 224 valence electrons. The number of benzene rings is 1. The monoisotopic (exact) mass is 570 g/mol. The van der Waals surface area contributed by atoms with Gasteiger partial charge in [-0.2, -0.15) is 0 Å². The van der Waals surface area contributed by atoms with E-state index in [1.165, 1.54) is 4.90 Å². The zero-order valence-electron chi connectivity index (χ0n) is 23.6. The van der Waals surface area contributed by atoms with E-state index in [2.05, 4.69) is 20.6 Å². The number of carbonyl (C=O) groups is 4. The average molecular weight is 571 g/mol. The smallest absolute Gasteiger partial charge is 0.326 e. The lowest BCUT2D eigenvalue weighted by Crippen LogP contribution is -2.57. The minimum atomic E-state index is -1.24. The van der Waals surface area contributed by atoms with Gasteiger partial charge in [0.15, 0.2) is 5.96 Å². The number of aliphatic carboxylic acids is 1. The molecule has 2 aromatic rings. The average Bonchev–Trinajstić information content (AvgIpc) is 3.56. The van der Waals surface area contributed by atoms with Crippen LogP contribution in [0.2, 0.25) is 0 Å². The van der Waals surface area contributed by atoms with Crippen molar-refractivity contribution in [2.45, 2.75) is 76.5 Å². The first kappa shape index (κ1) is 31.4. The van der Waals surface area contributed by atoms with E-state index in [1.807, 2.05) is 38.1 Å². The molecule has 1 fully saturated rings. The second-order valence-corrected chi connectivity index (χ2v) is 10.9. The lowest BCUT2D eigenvalue weighted by molar-refractivity contribution is -0.143. The van der Waals surface area contributed by atoms with Crippen LogP contribution in [0.1, 0.15) is 51.5 Å². The first-order valence-electron chi connectivity index (χ1n) is 14.0. The summed E-state index contributed by atoms with van der Waals surface area (Å²) in [6, 6.07) is 3.67. The molecule has 13 heteroatoms. The third-order valence-corrected chi connectivity index (χ3v) is 7.17. The summed E-state index contributed by atoms with van der Waals surface area (Å²) in [7, 11) is 0. The van der Waals surface area contributed by atoms with Crippen LogP contribution < -0.4 is 27.8 Å². The Balaban J connectivity index is 1.73. The van der Waals surface area contributed by atoms with Gasteiger partial charge in [-0.3, -0.25) is 19.4 Å². The number of aliphatic imine (C=N–C) groups is 1. The van der Waals surface area contributed by atoms with Crippen molar-refractivity contribution >= 4 is 40.6 Å². The number of carbonyl (C=O) groups excluding carboxylic acids is 3. The normalized spacial score (nSPS) is 17.2. The third kappa shape index (κ3) is 8.68. The second kappa shape index (κ2) is 14.5. The topological polar surface area (TPSA) is 222 Å². The number of hydrogen-bond acceptors (Lipinski definition) is 6. The highest BCUT2D eigenvalue weighted by atomic mass is 16.4. The van der Waals surface area contributed by atoms with Gasteiger partial charge in [-0.05, 0) is 49.7 Å². The predicted octanol–water partition coefficient (Wildman–Crippen LogP) is 0.183. The maximum Gasteiger partial charge on any atom is 0.326 e. The molecule has 1 aliphatic rings. The Hall–Kier alpha value is -4.13. The van der Waals surface area contributed by atoms with Gasteiger partial charge in [0.25, 0.3) is 0 Å². The molecule has 1 aliphatic heterocycles. The van der Waals surface area contributed by atoms with Crippen molar-refractivity contribution < 1.29 is 24.3 Å². The largest absolute Gasteiger partial charge is 0.480 e. The summed E-state index contributed by atoms with van der Waals surface area (Å²) in [6.07, 6.45) is 3.82. The number of hydrogen-bond donors (Lipinski definition) is 7. The number of nitrogens with zero attached hydrogens (tertiary/aromatic N) is 2. The summed E-state index contributed by atoms with van der Waals surface area (Å²) in [6.45, 7) is 4.55. The summed E-state index contributed by atoms with van der Waals surface area (Å²) in [5.41, 5.74) is 18.5. The molecule has 2 heterocycles. The number of nitrogens with two attached hydrogens (primary N) is 3. The quantitative estimate of drug-likeness (QED) is 0.0940. The highest BCUT2D eigenvalue weighted by molar-refractivity contribution is 5.94. The van der Waals surface area contributed by atoms with Crippen LogP contribution in [0.5, 0.6) is 0 Å². The van der Waals surface area contributed by atoms with E-state index in [-0.39, 0.29) is 37.2 Å². The van der Waals surface area contributed by atoms with E-state index in [9.17, 15) is 24.3 Å². The van der Waals surface area contributed by atoms with Gasteiger partial charge in [-0.25, -0.2) is 4.79 Å². The number of likely N-dealkylation sites (tertiary alicyclic amines) is 1. The van der Waals surface area contributed by atoms with E-state index < -0.39 is 42.0 Å². The Labute approximate surface area is 239 Å². The van der Waals surface area contributed by atoms with Crippen LogP contribution in [-0.4, -0.2) is 81.9 Å². The number of para-hydroxylation sites is 1. The summed E-state index contributed by atoms with van der Waals surface area (Å²) in [5, 5.41) is 16.1. The van der Waals surface area contributed by atoms with E-state index in [1.54, 1.807) is 6.20 Å². The van der Waals surface area contributed by atoms with E-state index >= 15 is 0 Å². The Morgan fingerprint density at radius 1 is 1.15 bits per heavy atom. The minimum absolute atomic E-state index is 0.0401. The van der Waals surface area contributed by atoms with Crippen LogP contribution in [0.4, 0.5) is 0 Å². The fourth-order valence-corrected chi connectivity index (χ4v) is 5.16. The van der Waals surface area contributed by atoms with E-state index in [4.69, 9.17) is 17.2 Å². The molecule has 0 bridgehead atoms. The molecule has 0 aliphatic carbocycles. The van der Waals surface area contributed by atoms with Crippen LogP contribution in [0.15, 0.2) is 35.5 Å². The van der Waals surface area contributed by atoms with Gasteiger partial charge >= 0.3 is 5.97 Å². The van der Waals surface area contributed by atoms with E-state index in [0.29, 0.717) is 32.2 Å². The standard InChI is InChI=1S/C28H42N8O5/c1-16(2)13-19(29)26(39)36-12-6-10-23(36)25(38)34-21(9-5-11-32-28(30)31)24(37)35-22(27(40)41)14-17-15-33-20-8-4-3-7-18(17)20/h3-4,7-8,15-16,19,21-23,33H,5-6,9-14,29H2,1-2H3,(H,34,38)(H,35,37)(H,40,41)(H4,30,31,32)/t19-,21-,22-,23-/m0/s1. The number of guanidine groups is 1. The van der Waals surface area contributed by atoms with Gasteiger partial charge in [0.2, 0.25) is 17.7 Å². The number of aromatic amines is 1. The number of H-pyrrole nitrogens is 1. The number of aromatic nitrogens is 1. The summed E-state index contributed by atoms with van der Waals surface area (Å²) in [4.78, 5) is 60.4. The minimum Gasteiger partial charge on any atom is -0.480 e. The molecule has 1 aromatic heterocycles. The third-order valence-electron chi connectivity index (χ3n) is 7.17. The van der Waals surface area contributed by atoms with Crippen molar-refractivity contribution in [2.24, 2.45) is 28.1 Å². The van der Waals surface area contributed by atoms with Gasteiger partial charge in [-0.15, -0.1) is 0 Å². The van der Waals surface area contributed by atoms with Crippen molar-refractivity contribution in [1.29, 1.82) is 0 Å². The number of carboxylic acid groups (broad SMARTS) is 1. The molecule has 0 unspecified atom stereocenters. The second-order valence-electron chi connectivity index (χ2n) is 10.9. The molecule has 3 rings (SSSR count). The van der Waals surface area contributed by atoms with Crippen molar-refractivity contribution in [1.82, 2.24) is 20.5 Å². The lowest BCUT2D eigenvalue weighted by Gasteiger charge is -2.29. The van der Waals surface area contributed by atoms with Crippen molar-refractivity contribution in [3.05, 3.63) is 36.0 Å². The van der Waals surface area contributed by atoms with Gasteiger partial charge in [0.1, 0.15) is 18.1 Å². The van der Waals surface area contributed by atoms with Gasteiger partial charge in [-0.1, -0.05) is 32.0 Å². The number of fused-ring (bicyclic) bond motifs is 1. The van der Waals surface area contributed by atoms with Crippen LogP contribution >= 0.6 is 0 Å². The number of amides is 3. The first-order valence-corrected chi connectivity index (χ1v) is 14.0. The van der Waals surface area contributed by atoms with Crippen LogP contribution in [0.25, 0.3) is 10.9 Å². The highest BCUT2D eigenvalue weighted by Gasteiger charge is 2.38. The fourth-order valence-electron chi connectivity index (χ4n) is 5.16. The maximum atomic E-state index is 13.4. The van der Waals surface area contributed by atoms with Crippen LogP contribution in [0, 0.1) is 5.92 Å². The zero-order valence-corrected chi connectivity index (χ0v) is 23.6. The SMILES string of the molecule is CC(C)C[C@H](N)C(=O)N1CCC[C@H]1C(=O)N[C@@H](CCCN=C(N)N)C(=O)N[C@@H](Cc1c[nH]c2ccccc12)C(=O)O. The molecule has 0 spiro atoms. The Bertz CT molecular complexity index is 1260. The van der Waals surface area contributed by atoms with Gasteiger partial charge < -0.3 is 42.8 Å². The molecule has 0 saturated carbocycles. The van der Waals surface area contributed by atoms with Crippen LogP contribution in [-0.2, 0) is 25.6 Å². The number of carboxylic acids is 1. The molecule has 1 saturated heterocycles. The number of rotatable bonds is 14. The van der Waals surface area contributed by atoms with Crippen molar-refractivity contribution in [3.8, 4) is 0 Å². The molecule has 0 radical (unpaired) electrons.